The second-order valence-corrected chi connectivity index (χ2v) is 20.2. The highest BCUT2D eigenvalue weighted by Crippen LogP contribution is 2.45. The zero-order valence-corrected chi connectivity index (χ0v) is 38.4. The number of carbonyl (C=O) groups excluding carboxylic acids is 2. The molecule has 0 amide bonds. The van der Waals surface area contributed by atoms with Gasteiger partial charge in [-0.2, -0.15) is 5.26 Å². The van der Waals surface area contributed by atoms with Crippen LogP contribution in [0.2, 0.25) is 0 Å². The third-order valence-corrected chi connectivity index (χ3v) is 12.1. The number of fused-ring (bicyclic) bond motifs is 2. The Morgan fingerprint density at radius 3 is 1.66 bits per heavy atom. The average molecular weight is 904 g/mol. The van der Waals surface area contributed by atoms with Crippen LogP contribution in [-0.4, -0.2) is 63.3 Å². The van der Waals surface area contributed by atoms with Crippen LogP contribution in [0.4, 0.5) is 5.69 Å². The molecule has 12 heteroatoms. The van der Waals surface area contributed by atoms with E-state index in [0.717, 1.165) is 41.3 Å². The van der Waals surface area contributed by atoms with E-state index in [1.165, 1.54) is 6.07 Å². The van der Waals surface area contributed by atoms with Crippen molar-refractivity contribution in [3.63, 3.8) is 0 Å². The first-order valence-corrected chi connectivity index (χ1v) is 21.9. The van der Waals surface area contributed by atoms with Crippen molar-refractivity contribution in [2.24, 2.45) is 11.8 Å². The first-order valence-electron chi connectivity index (χ1n) is 21.1. The van der Waals surface area contributed by atoms with Gasteiger partial charge in [0.25, 0.3) is 0 Å². The predicted molar refractivity (Wildman–Crippen MR) is 244 cm³/mol. The zero-order valence-electron chi connectivity index (χ0n) is 36.8. The molecular weight excluding hydrogens is 847 g/mol. The first kappa shape index (κ1) is 46.7. The van der Waals surface area contributed by atoms with Gasteiger partial charge in [-0.15, -0.1) is 0 Å². The molecule has 4 aliphatic heterocycles. The van der Waals surface area contributed by atoms with Gasteiger partial charge in [0.1, 0.15) is 23.7 Å². The van der Waals surface area contributed by atoms with Crippen molar-refractivity contribution in [1.29, 1.82) is 5.26 Å². The number of hydrogen-bond donors (Lipinski definition) is 2. The lowest BCUT2D eigenvalue weighted by Crippen LogP contribution is -2.50. The number of Topliss-reactive ketones (excluding diaryl/α,β-unsaturated/α-hetero) is 2. The normalized spacial score (nSPS) is 22.0. The summed E-state index contributed by atoms with van der Waals surface area (Å²) in [6.07, 6.45) is 4.28. The maximum absolute atomic E-state index is 13.0. The molecule has 2 N–H and O–H groups in total. The van der Waals surface area contributed by atoms with Gasteiger partial charge in [-0.3, -0.25) is 9.59 Å². The van der Waals surface area contributed by atoms with Gasteiger partial charge < -0.3 is 29.0 Å². The Kier molecular flexibility index (Phi) is 13.9. The molecule has 4 aromatic rings. The van der Waals surface area contributed by atoms with E-state index in [9.17, 15) is 9.59 Å². The fourth-order valence-corrected chi connectivity index (χ4v) is 10.1. The largest absolute Gasteiger partial charge is 0.489 e. The van der Waals surface area contributed by atoms with Crippen molar-refractivity contribution < 1.29 is 38.6 Å². The number of hydrogen-bond acceptors (Lipinski definition) is 9. The standard InChI is InChI=1S/C25H27NO3.C18H23BrO3.C7H6BNO2/c1-24(2)14-18(15-25(3,4)29-24)23-13-21(27)20-12-17(9-10-22(20)28-23)16-7-6-8-19(11-16)26-5;1-17(2)9-11(10-18(3,4)22-17)16-8-14(20)13-7-12(19)5-6-15(13)21-16;9-5-6-2-1-3-7(4-6)8(10)11/h6-12,18,23H,13-15H2,1-4H3;5-7,11,16H,8-10H2,1-4H3;1-4,10-11H. The number of halogens is 1. The van der Waals surface area contributed by atoms with Crippen molar-refractivity contribution in [2.45, 2.75) is 129 Å². The van der Waals surface area contributed by atoms with E-state index >= 15 is 0 Å². The van der Waals surface area contributed by atoms with E-state index in [1.54, 1.807) is 24.3 Å². The topological polar surface area (TPSA) is 140 Å². The van der Waals surface area contributed by atoms with Crippen molar-refractivity contribution in [3.8, 4) is 28.7 Å². The SMILES string of the molecule is CC1(C)CC(C2CC(=O)c3cc(Br)ccc3O2)CC(C)(C)O1.N#Cc1cccc(B(O)O)c1.[C-]#[N+]c1cccc(-c2ccc3c(c2)C(=O)CC(C2CC(C)(C)OC(C)(C)C2)O3)c1. The summed E-state index contributed by atoms with van der Waals surface area (Å²) in [4.78, 5) is 29.0. The quantitative estimate of drug-likeness (QED) is 0.151. The summed E-state index contributed by atoms with van der Waals surface area (Å²) in [5.74, 6) is 2.29. The van der Waals surface area contributed by atoms with Gasteiger partial charge >= 0.3 is 7.12 Å². The molecule has 4 heterocycles. The molecule has 0 aromatic heterocycles. The van der Waals surface area contributed by atoms with Gasteiger partial charge in [0.05, 0.1) is 51.7 Å². The average Bonchev–Trinajstić information content (AvgIpc) is 3.19. The summed E-state index contributed by atoms with van der Waals surface area (Å²) >= 11 is 3.42. The molecule has 8 rings (SSSR count). The maximum atomic E-state index is 13.0. The number of carbonyl (C=O) groups is 2. The van der Waals surface area contributed by atoms with E-state index in [4.69, 9.17) is 40.8 Å². The van der Waals surface area contributed by atoms with Crippen molar-refractivity contribution in [2.75, 3.05) is 0 Å². The van der Waals surface area contributed by atoms with Crippen molar-refractivity contribution in [1.82, 2.24) is 0 Å². The minimum absolute atomic E-state index is 0.0522. The molecule has 324 valence electrons. The van der Waals surface area contributed by atoms with Crippen LogP contribution in [0.1, 0.15) is 120 Å². The zero-order chi connectivity index (χ0) is 45.2. The Balaban J connectivity index is 0.000000171. The highest BCUT2D eigenvalue weighted by molar-refractivity contribution is 9.10. The summed E-state index contributed by atoms with van der Waals surface area (Å²) < 4.78 is 25.8. The molecule has 10 nitrogen and oxygen atoms in total. The Morgan fingerprint density at radius 1 is 0.677 bits per heavy atom. The van der Waals surface area contributed by atoms with Crippen LogP contribution >= 0.6 is 15.9 Å². The summed E-state index contributed by atoms with van der Waals surface area (Å²) in [5, 5.41) is 25.8. The van der Waals surface area contributed by atoms with E-state index < -0.39 is 7.12 Å². The molecule has 4 aromatic carbocycles. The summed E-state index contributed by atoms with van der Waals surface area (Å²) in [5.41, 5.74) is 3.73. The molecule has 2 unspecified atom stereocenters. The maximum Gasteiger partial charge on any atom is 0.488 e. The van der Waals surface area contributed by atoms with Crippen LogP contribution in [0.15, 0.2) is 89.4 Å². The van der Waals surface area contributed by atoms with Gasteiger partial charge in [-0.1, -0.05) is 52.3 Å². The van der Waals surface area contributed by atoms with Crippen molar-refractivity contribution in [3.05, 3.63) is 118 Å². The van der Waals surface area contributed by atoms with E-state index in [2.05, 4.69) is 76.2 Å². The summed E-state index contributed by atoms with van der Waals surface area (Å²) in [6, 6.07) is 27.0. The Hall–Kier alpha value is -4.82. The molecule has 2 atom stereocenters. The summed E-state index contributed by atoms with van der Waals surface area (Å²) in [7, 11) is -1.50. The molecule has 0 saturated carbocycles. The summed E-state index contributed by atoms with van der Waals surface area (Å²) in [6.45, 7) is 24.1. The van der Waals surface area contributed by atoms with Gasteiger partial charge in [0.15, 0.2) is 17.3 Å². The minimum Gasteiger partial charge on any atom is -0.489 e. The van der Waals surface area contributed by atoms with Gasteiger partial charge in [-0.25, -0.2) is 4.85 Å². The van der Waals surface area contributed by atoms with Crippen LogP contribution in [-0.2, 0) is 9.47 Å². The van der Waals surface area contributed by atoms with E-state index in [-0.39, 0.29) is 52.1 Å². The molecule has 4 aliphatic rings. The monoisotopic (exact) mass is 902 g/mol. The molecule has 0 bridgehead atoms. The molecular formula is C50H56BBrN2O8. The third kappa shape index (κ3) is 11.8. The van der Waals surface area contributed by atoms with Crippen LogP contribution in [0.25, 0.3) is 16.0 Å². The van der Waals surface area contributed by atoms with Gasteiger partial charge in [-0.05, 0) is 146 Å². The number of benzene rings is 4. The van der Waals surface area contributed by atoms with Gasteiger partial charge in [0.2, 0.25) is 0 Å². The van der Waals surface area contributed by atoms with Crippen LogP contribution in [0.3, 0.4) is 0 Å². The van der Waals surface area contributed by atoms with E-state index in [1.807, 2.05) is 60.7 Å². The highest BCUT2D eigenvalue weighted by atomic mass is 79.9. The van der Waals surface area contributed by atoms with Crippen molar-refractivity contribution >= 4 is 45.8 Å². The van der Waals surface area contributed by atoms with Crippen LogP contribution < -0.4 is 14.9 Å². The number of nitriles is 1. The Labute approximate surface area is 374 Å². The number of ketones is 2. The molecule has 0 aliphatic carbocycles. The third-order valence-electron chi connectivity index (χ3n) is 11.6. The second kappa shape index (κ2) is 18.5. The second-order valence-electron chi connectivity index (χ2n) is 19.3. The predicted octanol–water partition coefficient (Wildman–Crippen LogP) is 10.2. The van der Waals surface area contributed by atoms with Crippen LogP contribution in [0.5, 0.6) is 11.5 Å². The fraction of sp³-hybridized carbons (Fsp3) is 0.440. The van der Waals surface area contributed by atoms with E-state index in [0.29, 0.717) is 58.1 Å². The molecule has 0 spiro atoms. The van der Waals surface area contributed by atoms with Crippen LogP contribution in [0, 0.1) is 29.7 Å². The number of ether oxygens (including phenoxy) is 4. The Morgan fingerprint density at radius 2 is 1.16 bits per heavy atom. The number of rotatable bonds is 4. The molecule has 2 fully saturated rings. The highest BCUT2D eigenvalue weighted by Gasteiger charge is 2.46. The lowest BCUT2D eigenvalue weighted by Gasteiger charge is -2.47. The lowest BCUT2D eigenvalue weighted by molar-refractivity contribution is -0.183. The molecule has 2 saturated heterocycles. The lowest BCUT2D eigenvalue weighted by atomic mass is 9.76. The fourth-order valence-electron chi connectivity index (χ4n) is 9.76. The molecule has 0 radical (unpaired) electrons. The Bertz CT molecular complexity index is 2360. The molecule has 62 heavy (non-hydrogen) atoms. The smallest absolute Gasteiger partial charge is 0.488 e. The van der Waals surface area contributed by atoms with Gasteiger partial charge in [0, 0.05) is 29.2 Å². The minimum atomic E-state index is -1.50. The first-order chi connectivity index (χ1) is 29.0. The number of nitrogens with zero attached hydrogens (tertiary/aromatic N) is 2.